The van der Waals surface area contributed by atoms with Crippen LogP contribution < -0.4 is 10.6 Å². The van der Waals surface area contributed by atoms with Gasteiger partial charge in [0.2, 0.25) is 0 Å². The van der Waals surface area contributed by atoms with Crippen LogP contribution in [0, 0.1) is 0 Å². The summed E-state index contributed by atoms with van der Waals surface area (Å²) in [5.41, 5.74) is 1.99. The molecule has 2 N–H and O–H groups in total. The molecule has 3 rings (SSSR count). The van der Waals surface area contributed by atoms with Gasteiger partial charge in [-0.15, -0.1) is 0 Å². The van der Waals surface area contributed by atoms with Crippen molar-refractivity contribution in [3.63, 3.8) is 0 Å². The van der Waals surface area contributed by atoms with E-state index in [9.17, 15) is 4.79 Å². The monoisotopic (exact) mass is 386 g/mol. The zero-order valence-electron chi connectivity index (χ0n) is 16.7. The SMILES string of the molecule is CCNC(=NCCc1cn2ccccc2n1)NC1CCN(C(=O)OCC)CC1. The number of rotatable bonds is 6. The summed E-state index contributed by atoms with van der Waals surface area (Å²) in [6, 6.07) is 6.29. The van der Waals surface area contributed by atoms with Gasteiger partial charge in [0.05, 0.1) is 12.3 Å². The second-order valence-electron chi connectivity index (χ2n) is 6.81. The maximum absolute atomic E-state index is 11.8. The lowest BCUT2D eigenvalue weighted by atomic mass is 10.1. The third-order valence-corrected chi connectivity index (χ3v) is 4.76. The molecule has 1 aliphatic rings. The van der Waals surface area contributed by atoms with Gasteiger partial charge in [-0.1, -0.05) is 6.07 Å². The predicted octanol–water partition coefficient (Wildman–Crippen LogP) is 2.05. The molecular weight excluding hydrogens is 356 g/mol. The Balaban J connectivity index is 1.49. The number of hydrogen-bond acceptors (Lipinski definition) is 4. The molecule has 1 amide bonds. The first-order valence-corrected chi connectivity index (χ1v) is 10.1. The van der Waals surface area contributed by atoms with Gasteiger partial charge in [-0.25, -0.2) is 9.78 Å². The number of hydrogen-bond donors (Lipinski definition) is 2. The van der Waals surface area contributed by atoms with E-state index < -0.39 is 0 Å². The highest BCUT2D eigenvalue weighted by Crippen LogP contribution is 2.11. The number of carbonyl (C=O) groups excluding carboxylic acids is 1. The molecule has 2 aromatic heterocycles. The van der Waals surface area contributed by atoms with E-state index in [0.717, 1.165) is 43.1 Å². The minimum Gasteiger partial charge on any atom is -0.450 e. The third kappa shape index (κ3) is 5.37. The number of imidazole rings is 1. The smallest absolute Gasteiger partial charge is 0.409 e. The lowest BCUT2D eigenvalue weighted by molar-refractivity contribution is 0.0963. The van der Waals surface area contributed by atoms with Gasteiger partial charge in [0.15, 0.2) is 5.96 Å². The standard InChI is InChI=1S/C20H30N6O2/c1-3-21-19(24-16-9-13-25(14-10-16)20(27)28-4-2)22-11-8-17-15-26-12-6-5-7-18(26)23-17/h5-7,12,15-16H,3-4,8-11,13-14H2,1-2H3,(H2,21,22,24). The molecule has 1 saturated heterocycles. The number of aliphatic imine (C=N–C) groups is 1. The van der Waals surface area contributed by atoms with E-state index in [-0.39, 0.29) is 6.09 Å². The van der Waals surface area contributed by atoms with Crippen molar-refractivity contribution in [2.45, 2.75) is 39.2 Å². The van der Waals surface area contributed by atoms with E-state index in [1.807, 2.05) is 35.7 Å². The molecule has 0 aliphatic carbocycles. The van der Waals surface area contributed by atoms with Crippen molar-refractivity contribution in [1.29, 1.82) is 0 Å². The average molecular weight is 387 g/mol. The van der Waals surface area contributed by atoms with Gasteiger partial charge in [0, 0.05) is 51.0 Å². The normalized spacial score (nSPS) is 15.6. The minimum atomic E-state index is -0.214. The average Bonchev–Trinajstić information content (AvgIpc) is 3.11. The molecule has 0 atom stereocenters. The summed E-state index contributed by atoms with van der Waals surface area (Å²) in [5, 5.41) is 6.80. The quantitative estimate of drug-likeness (QED) is 0.586. The Kier molecular flexibility index (Phi) is 7.11. The Morgan fingerprint density at radius 1 is 1.32 bits per heavy atom. The van der Waals surface area contributed by atoms with Gasteiger partial charge in [-0.05, 0) is 38.8 Å². The zero-order valence-corrected chi connectivity index (χ0v) is 16.7. The van der Waals surface area contributed by atoms with Crippen LogP contribution in [0.4, 0.5) is 4.79 Å². The van der Waals surface area contributed by atoms with Gasteiger partial charge >= 0.3 is 6.09 Å². The van der Waals surface area contributed by atoms with E-state index in [2.05, 4.69) is 28.7 Å². The van der Waals surface area contributed by atoms with Gasteiger partial charge in [0.25, 0.3) is 0 Å². The largest absolute Gasteiger partial charge is 0.450 e. The fourth-order valence-corrected chi connectivity index (χ4v) is 3.32. The van der Waals surface area contributed by atoms with Gasteiger partial charge in [-0.2, -0.15) is 0 Å². The predicted molar refractivity (Wildman–Crippen MR) is 110 cm³/mol. The molecule has 2 aromatic rings. The molecule has 1 aliphatic heterocycles. The highest BCUT2D eigenvalue weighted by molar-refractivity contribution is 5.80. The molecule has 8 heteroatoms. The Morgan fingerprint density at radius 2 is 2.14 bits per heavy atom. The molecule has 0 radical (unpaired) electrons. The number of amides is 1. The van der Waals surface area contributed by atoms with Crippen LogP contribution in [0.25, 0.3) is 5.65 Å². The van der Waals surface area contributed by atoms with Crippen LogP contribution in [0.1, 0.15) is 32.4 Å². The Labute approximate surface area is 166 Å². The second-order valence-corrected chi connectivity index (χ2v) is 6.81. The molecule has 28 heavy (non-hydrogen) atoms. The number of guanidine groups is 1. The molecule has 0 unspecified atom stereocenters. The van der Waals surface area contributed by atoms with Crippen LogP contribution in [0.3, 0.4) is 0 Å². The highest BCUT2D eigenvalue weighted by atomic mass is 16.6. The van der Waals surface area contributed by atoms with Crippen LogP contribution in [0.5, 0.6) is 0 Å². The third-order valence-electron chi connectivity index (χ3n) is 4.76. The van der Waals surface area contributed by atoms with E-state index >= 15 is 0 Å². The molecule has 0 saturated carbocycles. The van der Waals surface area contributed by atoms with E-state index in [0.29, 0.717) is 32.3 Å². The van der Waals surface area contributed by atoms with Crippen molar-refractivity contribution < 1.29 is 9.53 Å². The summed E-state index contributed by atoms with van der Waals surface area (Å²) in [6.07, 6.45) is 6.40. The number of nitrogens with one attached hydrogen (secondary N) is 2. The fraction of sp³-hybridized carbons (Fsp3) is 0.550. The van der Waals surface area contributed by atoms with Crippen LogP contribution >= 0.6 is 0 Å². The summed E-state index contributed by atoms with van der Waals surface area (Å²) < 4.78 is 7.10. The van der Waals surface area contributed by atoms with Gasteiger partial charge < -0.3 is 24.7 Å². The summed E-state index contributed by atoms with van der Waals surface area (Å²) in [4.78, 5) is 22.9. The molecule has 0 spiro atoms. The number of likely N-dealkylation sites (tertiary alicyclic amines) is 1. The first-order valence-electron chi connectivity index (χ1n) is 10.1. The van der Waals surface area contributed by atoms with Gasteiger partial charge in [0.1, 0.15) is 5.65 Å². The summed E-state index contributed by atoms with van der Waals surface area (Å²) >= 11 is 0. The molecule has 3 heterocycles. The molecule has 8 nitrogen and oxygen atoms in total. The lowest BCUT2D eigenvalue weighted by Gasteiger charge is -2.32. The van der Waals surface area contributed by atoms with Crippen molar-refractivity contribution in [3.05, 3.63) is 36.3 Å². The number of piperidine rings is 1. The summed E-state index contributed by atoms with van der Waals surface area (Å²) in [6.45, 7) is 7.19. The molecular formula is C20H30N6O2. The van der Waals surface area contributed by atoms with E-state index in [4.69, 9.17) is 9.73 Å². The molecule has 0 bridgehead atoms. The number of carbonyl (C=O) groups is 1. The van der Waals surface area contributed by atoms with Crippen molar-refractivity contribution in [3.8, 4) is 0 Å². The molecule has 152 valence electrons. The van der Waals surface area contributed by atoms with Crippen molar-refractivity contribution >= 4 is 17.7 Å². The Hall–Kier alpha value is -2.77. The number of fused-ring (bicyclic) bond motifs is 1. The maximum atomic E-state index is 11.8. The van der Waals surface area contributed by atoms with E-state index in [1.165, 1.54) is 0 Å². The van der Waals surface area contributed by atoms with Crippen molar-refractivity contribution in [2.24, 2.45) is 4.99 Å². The van der Waals surface area contributed by atoms with Crippen molar-refractivity contribution in [2.75, 3.05) is 32.8 Å². The number of nitrogens with zero attached hydrogens (tertiary/aromatic N) is 4. The van der Waals surface area contributed by atoms with Crippen molar-refractivity contribution in [1.82, 2.24) is 24.9 Å². The van der Waals surface area contributed by atoms with E-state index in [1.54, 1.807) is 4.90 Å². The number of aromatic nitrogens is 2. The lowest BCUT2D eigenvalue weighted by Crippen LogP contribution is -2.50. The first kappa shape index (κ1) is 20.0. The van der Waals surface area contributed by atoms with Crippen LogP contribution in [-0.2, 0) is 11.2 Å². The Morgan fingerprint density at radius 3 is 2.86 bits per heavy atom. The maximum Gasteiger partial charge on any atom is 0.409 e. The second kappa shape index (κ2) is 9.96. The first-order chi connectivity index (χ1) is 13.7. The number of ether oxygens (including phenoxy) is 1. The van der Waals surface area contributed by atoms with Crippen LogP contribution in [0.2, 0.25) is 0 Å². The summed E-state index contributed by atoms with van der Waals surface area (Å²) in [5.74, 6) is 0.820. The zero-order chi connectivity index (χ0) is 19.8. The fourth-order valence-electron chi connectivity index (χ4n) is 3.32. The minimum absolute atomic E-state index is 0.214. The number of pyridine rings is 1. The molecule has 1 fully saturated rings. The van der Waals surface area contributed by atoms with Crippen LogP contribution in [0.15, 0.2) is 35.6 Å². The topological polar surface area (TPSA) is 83.3 Å². The van der Waals surface area contributed by atoms with Gasteiger partial charge in [-0.3, -0.25) is 4.99 Å². The summed E-state index contributed by atoms with van der Waals surface area (Å²) in [7, 11) is 0. The molecule has 0 aromatic carbocycles. The Bertz CT molecular complexity index is 762. The highest BCUT2D eigenvalue weighted by Gasteiger charge is 2.24. The van der Waals surface area contributed by atoms with Crippen LogP contribution in [-0.4, -0.2) is 65.2 Å².